The Labute approximate surface area is 216 Å². The normalized spacial score (nSPS) is 19.6. The van der Waals surface area contributed by atoms with Crippen LogP contribution in [0.4, 0.5) is 8.78 Å². The van der Waals surface area contributed by atoms with Crippen molar-refractivity contribution in [1.82, 2.24) is 29.2 Å². The van der Waals surface area contributed by atoms with Crippen LogP contribution in [0.1, 0.15) is 29.0 Å². The van der Waals surface area contributed by atoms with Crippen molar-refractivity contribution in [3.05, 3.63) is 77.3 Å². The molecule has 0 saturated carbocycles. The molecule has 0 N–H and O–H groups in total. The number of piperidine rings is 2. The van der Waals surface area contributed by atoms with Crippen LogP contribution in [-0.4, -0.2) is 66.8 Å². The van der Waals surface area contributed by atoms with Crippen molar-refractivity contribution >= 4 is 23.2 Å². The van der Waals surface area contributed by atoms with Gasteiger partial charge in [-0.05, 0) is 43.2 Å². The monoisotopic (exact) mass is 524 g/mol. The minimum absolute atomic E-state index is 0.00438. The Morgan fingerprint density at radius 2 is 1.92 bits per heavy atom. The number of hydrogen-bond donors (Lipinski definition) is 0. The van der Waals surface area contributed by atoms with Gasteiger partial charge in [-0.2, -0.15) is 8.78 Å². The maximum Gasteiger partial charge on any atom is 0.388 e. The molecule has 4 aromatic rings. The minimum atomic E-state index is -3.00. The number of ether oxygens (including phenoxy) is 1. The summed E-state index contributed by atoms with van der Waals surface area (Å²) in [7, 11) is 0. The van der Waals surface area contributed by atoms with Gasteiger partial charge >= 0.3 is 6.61 Å². The summed E-state index contributed by atoms with van der Waals surface area (Å²) in [6.45, 7) is -1.12. The van der Waals surface area contributed by atoms with Crippen molar-refractivity contribution in [3.8, 4) is 17.3 Å². The summed E-state index contributed by atoms with van der Waals surface area (Å²) < 4.78 is 31.7. The van der Waals surface area contributed by atoms with E-state index in [1.807, 2.05) is 35.4 Å². The number of halogens is 3. The van der Waals surface area contributed by atoms with E-state index < -0.39 is 6.61 Å². The fourth-order valence-corrected chi connectivity index (χ4v) is 5.42. The highest BCUT2D eigenvalue weighted by Gasteiger charge is 2.42. The van der Waals surface area contributed by atoms with Crippen LogP contribution in [0.5, 0.6) is 5.88 Å². The van der Waals surface area contributed by atoms with Gasteiger partial charge in [0.05, 0.1) is 16.4 Å². The number of carbonyl (C=O) groups excluding carboxylic acids is 1. The predicted molar refractivity (Wildman–Crippen MR) is 133 cm³/mol. The molecule has 3 saturated heterocycles. The van der Waals surface area contributed by atoms with Crippen molar-refractivity contribution < 1.29 is 18.3 Å². The Balaban J connectivity index is 1.24. The maximum absolute atomic E-state index is 13.3. The topological polar surface area (TPSA) is 75.9 Å². The Hall–Kier alpha value is -3.63. The molecule has 7 rings (SSSR count). The van der Waals surface area contributed by atoms with Crippen molar-refractivity contribution in [2.45, 2.75) is 38.1 Å². The molecular formula is C26H23ClF2N6O2. The second kappa shape index (κ2) is 9.68. The third kappa shape index (κ3) is 4.62. The van der Waals surface area contributed by atoms with E-state index in [9.17, 15) is 13.6 Å². The average molecular weight is 525 g/mol. The summed E-state index contributed by atoms with van der Waals surface area (Å²) in [5, 5.41) is 0.563. The molecule has 0 aromatic carbocycles. The standard InChI is InChI=1S/C26H23ClF2N6O2/c27-16-7-10-19(30-12-16)24-21(34-11-2-1-5-22(34)32-24)15-33-13-18-9-8-17(33)14-35(18)25(36)20-4-3-6-23(31-20)37-26(28)29/h1-7,10-12,17-18,26H,8-9,13-15H2. The lowest BCUT2D eigenvalue weighted by Crippen LogP contribution is -2.63. The first-order chi connectivity index (χ1) is 18.0. The van der Waals surface area contributed by atoms with Crippen molar-refractivity contribution in [2.24, 2.45) is 0 Å². The van der Waals surface area contributed by atoms with E-state index in [-0.39, 0.29) is 29.6 Å². The van der Waals surface area contributed by atoms with E-state index in [0.29, 0.717) is 24.7 Å². The first kappa shape index (κ1) is 23.7. The zero-order valence-electron chi connectivity index (χ0n) is 19.7. The molecule has 3 aliphatic rings. The molecule has 8 nitrogen and oxygen atoms in total. The Kier molecular flexibility index (Phi) is 6.21. The molecule has 3 fully saturated rings. The zero-order chi connectivity index (χ0) is 25.5. The Morgan fingerprint density at radius 1 is 1.05 bits per heavy atom. The van der Waals surface area contributed by atoms with Crippen LogP contribution in [0.2, 0.25) is 5.02 Å². The van der Waals surface area contributed by atoms with Gasteiger partial charge in [0.25, 0.3) is 5.91 Å². The summed E-state index contributed by atoms with van der Waals surface area (Å²) in [4.78, 5) is 30.8. The second-order valence-corrected chi connectivity index (χ2v) is 9.65. The number of imidazole rings is 1. The number of hydrogen-bond acceptors (Lipinski definition) is 6. The van der Waals surface area contributed by atoms with E-state index in [1.165, 1.54) is 18.2 Å². The van der Waals surface area contributed by atoms with Gasteiger partial charge in [-0.25, -0.2) is 9.97 Å². The molecule has 37 heavy (non-hydrogen) atoms. The largest absolute Gasteiger partial charge is 0.417 e. The predicted octanol–water partition coefficient (Wildman–Crippen LogP) is 4.54. The molecule has 11 heteroatoms. The number of nitrogens with zero attached hydrogens (tertiary/aromatic N) is 6. The molecule has 190 valence electrons. The van der Waals surface area contributed by atoms with Crippen molar-refractivity contribution in [3.63, 3.8) is 0 Å². The summed E-state index contributed by atoms with van der Waals surface area (Å²) in [5.74, 6) is -0.532. The van der Waals surface area contributed by atoms with Crippen LogP contribution in [0.15, 0.2) is 60.9 Å². The average Bonchev–Trinajstić information content (AvgIpc) is 3.27. The molecule has 2 atom stereocenters. The second-order valence-electron chi connectivity index (χ2n) is 9.21. The molecule has 1 amide bonds. The minimum Gasteiger partial charge on any atom is -0.417 e. The molecule has 7 heterocycles. The van der Waals surface area contributed by atoms with E-state index in [1.54, 1.807) is 12.3 Å². The number of piperazine rings is 1. The quantitative estimate of drug-likeness (QED) is 0.369. The van der Waals surface area contributed by atoms with Crippen LogP contribution in [0.25, 0.3) is 17.0 Å². The van der Waals surface area contributed by atoms with Crippen LogP contribution in [-0.2, 0) is 6.54 Å². The van der Waals surface area contributed by atoms with Gasteiger partial charge in [-0.3, -0.25) is 14.7 Å². The third-order valence-corrected chi connectivity index (χ3v) is 7.23. The third-order valence-electron chi connectivity index (χ3n) is 7.01. The number of aromatic nitrogens is 4. The molecule has 0 aliphatic carbocycles. The van der Waals surface area contributed by atoms with Gasteiger partial charge in [0.2, 0.25) is 5.88 Å². The van der Waals surface area contributed by atoms with Crippen molar-refractivity contribution in [2.75, 3.05) is 13.1 Å². The summed E-state index contributed by atoms with van der Waals surface area (Å²) in [5.41, 5.74) is 3.51. The van der Waals surface area contributed by atoms with E-state index in [2.05, 4.69) is 24.0 Å². The van der Waals surface area contributed by atoms with E-state index in [4.69, 9.17) is 16.6 Å². The number of pyridine rings is 3. The molecule has 0 spiro atoms. The lowest BCUT2D eigenvalue weighted by molar-refractivity contribution is -0.0531. The van der Waals surface area contributed by atoms with Gasteiger partial charge in [0, 0.05) is 50.2 Å². The first-order valence-electron chi connectivity index (χ1n) is 12.0. The highest BCUT2D eigenvalue weighted by Crippen LogP contribution is 2.33. The lowest BCUT2D eigenvalue weighted by Gasteiger charge is -2.51. The van der Waals surface area contributed by atoms with Crippen LogP contribution in [0.3, 0.4) is 0 Å². The fraction of sp³-hybridized carbons (Fsp3) is 0.308. The summed E-state index contributed by atoms with van der Waals surface area (Å²) >= 11 is 6.06. The SMILES string of the molecule is O=C(c1cccc(OC(F)F)n1)N1CC2CCC1CN2Cc1c(-c2ccc(Cl)cn2)nc2ccccn12. The first-order valence-corrected chi connectivity index (χ1v) is 12.4. The molecule has 3 aliphatic heterocycles. The van der Waals surface area contributed by atoms with Gasteiger partial charge < -0.3 is 14.0 Å². The highest BCUT2D eigenvalue weighted by molar-refractivity contribution is 6.30. The van der Waals surface area contributed by atoms with Gasteiger partial charge in [-0.1, -0.05) is 23.7 Å². The number of alkyl halides is 2. The van der Waals surface area contributed by atoms with Gasteiger partial charge in [0.1, 0.15) is 17.0 Å². The summed E-state index contributed by atoms with van der Waals surface area (Å²) in [6, 6.07) is 14.1. The smallest absolute Gasteiger partial charge is 0.388 e. The lowest BCUT2D eigenvalue weighted by atomic mass is 9.90. The Morgan fingerprint density at radius 3 is 2.68 bits per heavy atom. The molecule has 2 unspecified atom stereocenters. The van der Waals surface area contributed by atoms with Crippen LogP contribution >= 0.6 is 11.6 Å². The fourth-order valence-electron chi connectivity index (χ4n) is 5.31. The molecular weight excluding hydrogens is 502 g/mol. The number of rotatable bonds is 6. The molecule has 2 bridgehead atoms. The van der Waals surface area contributed by atoms with E-state index >= 15 is 0 Å². The highest BCUT2D eigenvalue weighted by atomic mass is 35.5. The molecule has 0 radical (unpaired) electrons. The Bertz CT molecular complexity index is 1450. The number of fused-ring (bicyclic) bond motifs is 4. The van der Waals surface area contributed by atoms with Gasteiger partial charge in [-0.15, -0.1) is 0 Å². The zero-order valence-corrected chi connectivity index (χ0v) is 20.4. The summed E-state index contributed by atoms with van der Waals surface area (Å²) in [6.07, 6.45) is 5.45. The van der Waals surface area contributed by atoms with Crippen LogP contribution in [0, 0.1) is 0 Å². The van der Waals surface area contributed by atoms with Crippen LogP contribution < -0.4 is 4.74 Å². The van der Waals surface area contributed by atoms with Crippen molar-refractivity contribution in [1.29, 1.82) is 0 Å². The maximum atomic E-state index is 13.3. The van der Waals surface area contributed by atoms with E-state index in [0.717, 1.165) is 35.6 Å². The molecule has 4 aromatic heterocycles. The number of carbonyl (C=O) groups is 1. The van der Waals surface area contributed by atoms with Gasteiger partial charge in [0.15, 0.2) is 0 Å². The number of amides is 1.